The summed E-state index contributed by atoms with van der Waals surface area (Å²) in [4.78, 5) is 0. The molecular weight excluding hydrogens is 146 g/mol. The normalized spacial score (nSPS) is 39.0. The third kappa shape index (κ3) is 2.14. The van der Waals surface area contributed by atoms with Gasteiger partial charge in [0, 0.05) is 0 Å². The predicted octanol–water partition coefficient (Wildman–Crippen LogP) is 3.26. The summed E-state index contributed by atoms with van der Waals surface area (Å²) in [6.07, 6.45) is 1.65. The van der Waals surface area contributed by atoms with Gasteiger partial charge in [-0.1, -0.05) is 19.8 Å². The molecule has 0 aromatic carbocycles. The third-order valence-corrected chi connectivity index (χ3v) is 2.51. The molecule has 0 bridgehead atoms. The van der Waals surface area contributed by atoms with Crippen LogP contribution in [0.4, 0.5) is 8.78 Å². The summed E-state index contributed by atoms with van der Waals surface area (Å²) in [5.74, 6) is 0.00347. The van der Waals surface area contributed by atoms with Crippen LogP contribution in [0.15, 0.2) is 0 Å². The Bertz CT molecular complexity index is 112. The smallest absolute Gasteiger partial charge is 0.134 e. The van der Waals surface area contributed by atoms with E-state index in [1.807, 2.05) is 6.92 Å². The fraction of sp³-hybridized carbons (Fsp3) is 1.00. The van der Waals surface area contributed by atoms with Crippen LogP contribution in [0.3, 0.4) is 0 Å². The molecule has 0 nitrogen and oxygen atoms in total. The Morgan fingerprint density at radius 2 is 2.00 bits per heavy atom. The molecule has 0 aliphatic heterocycles. The lowest BCUT2D eigenvalue weighted by Gasteiger charge is -2.28. The van der Waals surface area contributed by atoms with Gasteiger partial charge in [0.2, 0.25) is 0 Å². The number of hydrogen-bond donors (Lipinski definition) is 0. The van der Waals surface area contributed by atoms with Gasteiger partial charge in [-0.3, -0.25) is 0 Å². The van der Waals surface area contributed by atoms with Gasteiger partial charge < -0.3 is 0 Å². The average Bonchev–Trinajstić information content (AvgIpc) is 1.99. The minimum Gasteiger partial charge on any atom is -0.244 e. The van der Waals surface area contributed by atoms with E-state index in [0.717, 1.165) is 25.7 Å². The van der Waals surface area contributed by atoms with Gasteiger partial charge in [0.15, 0.2) is 0 Å². The number of alkyl halides is 2. The highest BCUT2D eigenvalue weighted by Gasteiger charge is 2.32. The first-order valence-electron chi connectivity index (χ1n) is 4.53. The minimum absolute atomic E-state index is 0.00347. The molecular formula is C9H16F2. The van der Waals surface area contributed by atoms with Crippen LogP contribution in [0.2, 0.25) is 0 Å². The molecule has 0 heterocycles. The standard InChI is InChI=1S/C9H16F2/c1-2-4-7-5-3-6-8(10)9(7)11/h7-9H,2-6H2,1H3. The zero-order chi connectivity index (χ0) is 8.27. The van der Waals surface area contributed by atoms with Crippen LogP contribution in [0.1, 0.15) is 39.0 Å². The van der Waals surface area contributed by atoms with Crippen molar-refractivity contribution < 1.29 is 8.78 Å². The van der Waals surface area contributed by atoms with Gasteiger partial charge in [-0.15, -0.1) is 0 Å². The molecule has 0 N–H and O–H groups in total. The summed E-state index contributed by atoms with van der Waals surface area (Å²) >= 11 is 0. The van der Waals surface area contributed by atoms with Crippen molar-refractivity contribution in [3.05, 3.63) is 0 Å². The second-order valence-electron chi connectivity index (χ2n) is 3.44. The highest BCUT2D eigenvalue weighted by Crippen LogP contribution is 2.32. The van der Waals surface area contributed by atoms with Gasteiger partial charge >= 0.3 is 0 Å². The molecule has 1 rings (SSSR count). The van der Waals surface area contributed by atoms with Gasteiger partial charge in [-0.25, -0.2) is 8.78 Å². The second-order valence-corrected chi connectivity index (χ2v) is 3.44. The van der Waals surface area contributed by atoms with Gasteiger partial charge in [0.1, 0.15) is 12.3 Å². The van der Waals surface area contributed by atoms with Crippen molar-refractivity contribution >= 4 is 0 Å². The van der Waals surface area contributed by atoms with Crippen molar-refractivity contribution in [2.75, 3.05) is 0 Å². The maximum atomic E-state index is 13.1. The summed E-state index contributed by atoms with van der Waals surface area (Å²) in [6, 6.07) is 0. The van der Waals surface area contributed by atoms with Crippen molar-refractivity contribution in [1.29, 1.82) is 0 Å². The van der Waals surface area contributed by atoms with Gasteiger partial charge in [-0.2, -0.15) is 0 Å². The SMILES string of the molecule is CCCC1CCCC(F)C1F. The van der Waals surface area contributed by atoms with E-state index < -0.39 is 12.3 Å². The molecule has 66 valence electrons. The topological polar surface area (TPSA) is 0 Å². The molecule has 1 aliphatic rings. The van der Waals surface area contributed by atoms with E-state index in [1.54, 1.807) is 0 Å². The van der Waals surface area contributed by atoms with Crippen molar-refractivity contribution in [3.63, 3.8) is 0 Å². The molecule has 0 spiro atoms. The van der Waals surface area contributed by atoms with E-state index in [-0.39, 0.29) is 5.92 Å². The van der Waals surface area contributed by atoms with Gasteiger partial charge in [0.05, 0.1) is 0 Å². The molecule has 0 saturated heterocycles. The van der Waals surface area contributed by atoms with Crippen LogP contribution in [-0.4, -0.2) is 12.3 Å². The van der Waals surface area contributed by atoms with Crippen molar-refractivity contribution in [2.24, 2.45) is 5.92 Å². The van der Waals surface area contributed by atoms with Gasteiger partial charge in [0.25, 0.3) is 0 Å². The monoisotopic (exact) mass is 162 g/mol. The number of hydrogen-bond acceptors (Lipinski definition) is 0. The van der Waals surface area contributed by atoms with Crippen molar-refractivity contribution in [2.45, 2.75) is 51.4 Å². The molecule has 3 unspecified atom stereocenters. The quantitative estimate of drug-likeness (QED) is 0.584. The highest BCUT2D eigenvalue weighted by atomic mass is 19.2. The van der Waals surface area contributed by atoms with Crippen LogP contribution < -0.4 is 0 Å². The van der Waals surface area contributed by atoms with Crippen molar-refractivity contribution in [3.8, 4) is 0 Å². The first-order valence-corrected chi connectivity index (χ1v) is 4.53. The fourth-order valence-electron chi connectivity index (χ4n) is 1.86. The van der Waals surface area contributed by atoms with Crippen LogP contribution in [0, 0.1) is 5.92 Å². The number of halogens is 2. The van der Waals surface area contributed by atoms with E-state index in [2.05, 4.69) is 0 Å². The molecule has 0 aromatic rings. The zero-order valence-electron chi connectivity index (χ0n) is 7.02. The summed E-state index contributed by atoms with van der Waals surface area (Å²) in [6.45, 7) is 2.02. The van der Waals surface area contributed by atoms with E-state index in [4.69, 9.17) is 0 Å². The molecule has 0 amide bonds. The van der Waals surface area contributed by atoms with E-state index in [1.165, 1.54) is 0 Å². The summed E-state index contributed by atoms with van der Waals surface area (Å²) < 4.78 is 25.8. The lowest BCUT2D eigenvalue weighted by Crippen LogP contribution is -2.31. The zero-order valence-corrected chi connectivity index (χ0v) is 7.02. The average molecular weight is 162 g/mol. The molecule has 1 fully saturated rings. The summed E-state index contributed by atoms with van der Waals surface area (Å²) in [5, 5.41) is 0. The van der Waals surface area contributed by atoms with Crippen LogP contribution in [0.25, 0.3) is 0 Å². The maximum Gasteiger partial charge on any atom is 0.134 e. The van der Waals surface area contributed by atoms with E-state index >= 15 is 0 Å². The molecule has 3 atom stereocenters. The molecule has 0 aromatic heterocycles. The lowest BCUT2D eigenvalue weighted by atomic mass is 9.83. The van der Waals surface area contributed by atoms with Crippen LogP contribution >= 0.6 is 0 Å². The molecule has 0 radical (unpaired) electrons. The Balaban J connectivity index is 2.38. The Hall–Kier alpha value is -0.140. The Labute approximate surface area is 67.0 Å². The second kappa shape index (κ2) is 4.03. The third-order valence-electron chi connectivity index (χ3n) is 2.51. The Kier molecular flexibility index (Phi) is 3.28. The predicted molar refractivity (Wildman–Crippen MR) is 42.0 cm³/mol. The number of rotatable bonds is 2. The molecule has 1 saturated carbocycles. The lowest BCUT2D eigenvalue weighted by molar-refractivity contribution is 0.0623. The van der Waals surface area contributed by atoms with E-state index in [9.17, 15) is 8.78 Å². The first-order chi connectivity index (χ1) is 5.25. The molecule has 1 aliphatic carbocycles. The molecule has 2 heteroatoms. The largest absolute Gasteiger partial charge is 0.244 e. The summed E-state index contributed by atoms with van der Waals surface area (Å²) in [7, 11) is 0. The van der Waals surface area contributed by atoms with Gasteiger partial charge in [-0.05, 0) is 25.2 Å². The summed E-state index contributed by atoms with van der Waals surface area (Å²) in [5.41, 5.74) is 0. The van der Waals surface area contributed by atoms with Crippen LogP contribution in [0.5, 0.6) is 0 Å². The highest BCUT2D eigenvalue weighted by molar-refractivity contribution is 4.81. The fourth-order valence-corrected chi connectivity index (χ4v) is 1.86. The van der Waals surface area contributed by atoms with Crippen LogP contribution in [-0.2, 0) is 0 Å². The maximum absolute atomic E-state index is 13.1. The minimum atomic E-state index is -1.18. The Morgan fingerprint density at radius 1 is 1.27 bits per heavy atom. The van der Waals surface area contributed by atoms with E-state index in [0.29, 0.717) is 6.42 Å². The first kappa shape index (κ1) is 8.95. The van der Waals surface area contributed by atoms with Crippen molar-refractivity contribution in [1.82, 2.24) is 0 Å². The molecule has 11 heavy (non-hydrogen) atoms. The Morgan fingerprint density at radius 3 is 2.64 bits per heavy atom.